The van der Waals surface area contributed by atoms with Gasteiger partial charge >= 0.3 is 0 Å². The fourth-order valence-electron chi connectivity index (χ4n) is 3.87. The molecule has 2 aromatic heterocycles. The predicted octanol–water partition coefficient (Wildman–Crippen LogP) is 3.41. The van der Waals surface area contributed by atoms with E-state index in [2.05, 4.69) is 4.90 Å². The van der Waals surface area contributed by atoms with Crippen LogP contribution in [0.2, 0.25) is 0 Å². The molecule has 1 aliphatic rings. The summed E-state index contributed by atoms with van der Waals surface area (Å²) in [5.74, 6) is 1.57. The molecule has 0 radical (unpaired) electrons. The summed E-state index contributed by atoms with van der Waals surface area (Å²) in [7, 11) is 1.65. The largest absolute Gasteiger partial charge is 0.497 e. The maximum atomic E-state index is 13.4. The first-order chi connectivity index (χ1) is 15.7. The zero-order valence-electron chi connectivity index (χ0n) is 17.9. The van der Waals surface area contributed by atoms with Crippen molar-refractivity contribution in [1.82, 2.24) is 19.4 Å². The van der Waals surface area contributed by atoms with Crippen molar-refractivity contribution >= 4 is 22.2 Å². The molecule has 7 nitrogen and oxygen atoms in total. The van der Waals surface area contributed by atoms with Crippen LogP contribution in [0, 0.1) is 0 Å². The zero-order valence-corrected chi connectivity index (χ0v) is 18.7. The van der Waals surface area contributed by atoms with Gasteiger partial charge in [0.05, 0.1) is 50.0 Å². The molecule has 0 aliphatic carbocycles. The molecule has 0 saturated carbocycles. The molecular weight excluding hydrogens is 424 g/mol. The van der Waals surface area contributed by atoms with E-state index in [0.717, 1.165) is 46.4 Å². The molecule has 164 valence electrons. The second-order valence-corrected chi connectivity index (χ2v) is 8.62. The third kappa shape index (κ3) is 4.29. The van der Waals surface area contributed by atoms with E-state index >= 15 is 0 Å². The lowest BCUT2D eigenvalue weighted by Gasteiger charge is -2.27. The van der Waals surface area contributed by atoms with Gasteiger partial charge in [-0.2, -0.15) is 0 Å². The van der Waals surface area contributed by atoms with Crippen molar-refractivity contribution in [2.75, 3.05) is 33.4 Å². The molecule has 32 heavy (non-hydrogen) atoms. The van der Waals surface area contributed by atoms with Crippen LogP contribution in [0.3, 0.4) is 0 Å². The minimum Gasteiger partial charge on any atom is -0.497 e. The zero-order chi connectivity index (χ0) is 21.9. The van der Waals surface area contributed by atoms with Gasteiger partial charge in [-0.25, -0.2) is 9.97 Å². The first kappa shape index (κ1) is 20.8. The molecule has 3 heterocycles. The lowest BCUT2D eigenvalue weighted by Crippen LogP contribution is -2.38. The number of ether oxygens (including phenoxy) is 2. The number of methoxy groups -OCH3 is 1. The highest BCUT2D eigenvalue weighted by Gasteiger charge is 2.18. The first-order valence-electron chi connectivity index (χ1n) is 10.6. The van der Waals surface area contributed by atoms with Crippen molar-refractivity contribution in [3.05, 3.63) is 75.1 Å². The topological polar surface area (TPSA) is 69.5 Å². The van der Waals surface area contributed by atoms with Crippen LogP contribution in [0.1, 0.15) is 10.8 Å². The molecular formula is C24H24N4O3S. The first-order valence-corrected chi connectivity index (χ1v) is 11.5. The van der Waals surface area contributed by atoms with Crippen LogP contribution in [-0.2, 0) is 17.8 Å². The minimum atomic E-state index is -0.0277. The van der Waals surface area contributed by atoms with Crippen molar-refractivity contribution in [3.63, 3.8) is 0 Å². The van der Waals surface area contributed by atoms with Gasteiger partial charge in [0.15, 0.2) is 0 Å². The average Bonchev–Trinajstić information content (AvgIpc) is 3.31. The Balaban J connectivity index is 1.48. The number of benzene rings is 2. The Morgan fingerprint density at radius 1 is 1.03 bits per heavy atom. The number of fused-ring (bicyclic) bond motifs is 1. The third-order valence-corrected chi connectivity index (χ3v) is 6.47. The summed E-state index contributed by atoms with van der Waals surface area (Å²) in [6.45, 7) is 4.09. The number of aromatic nitrogens is 3. The third-order valence-electron chi connectivity index (χ3n) is 5.64. The molecule has 4 aromatic rings. The Labute approximate surface area is 189 Å². The lowest BCUT2D eigenvalue weighted by atomic mass is 10.2. The molecule has 5 rings (SSSR count). The Morgan fingerprint density at radius 2 is 1.81 bits per heavy atom. The van der Waals surface area contributed by atoms with Gasteiger partial charge in [-0.05, 0) is 36.4 Å². The summed E-state index contributed by atoms with van der Waals surface area (Å²) in [5, 5.41) is 3.53. The van der Waals surface area contributed by atoms with E-state index in [1.165, 1.54) is 0 Å². The molecule has 0 spiro atoms. The number of thiazole rings is 1. The number of morpholine rings is 1. The van der Waals surface area contributed by atoms with Crippen LogP contribution in [-0.4, -0.2) is 52.8 Å². The summed E-state index contributed by atoms with van der Waals surface area (Å²) in [5.41, 5.74) is 2.62. The van der Waals surface area contributed by atoms with Crippen LogP contribution in [0.5, 0.6) is 5.75 Å². The smallest absolute Gasteiger partial charge is 0.261 e. The van der Waals surface area contributed by atoms with Gasteiger partial charge in [-0.3, -0.25) is 14.3 Å². The molecule has 0 amide bonds. The van der Waals surface area contributed by atoms with Crippen molar-refractivity contribution in [2.24, 2.45) is 0 Å². The summed E-state index contributed by atoms with van der Waals surface area (Å²) in [4.78, 5) is 25.3. The number of para-hydroxylation sites is 1. The Morgan fingerprint density at radius 3 is 2.59 bits per heavy atom. The number of rotatable bonds is 6. The molecule has 0 N–H and O–H groups in total. The molecule has 2 aromatic carbocycles. The summed E-state index contributed by atoms with van der Waals surface area (Å²) in [6.07, 6.45) is 0. The SMILES string of the molecule is COc1ccc(-c2csc(Cn3c(CN4CCOCC4)nc4ccccc4c3=O)n2)cc1. The van der Waals surface area contributed by atoms with E-state index in [9.17, 15) is 4.79 Å². The monoisotopic (exact) mass is 448 g/mol. The lowest BCUT2D eigenvalue weighted by molar-refractivity contribution is 0.0325. The van der Waals surface area contributed by atoms with Crippen molar-refractivity contribution in [3.8, 4) is 17.0 Å². The molecule has 8 heteroatoms. The molecule has 0 atom stereocenters. The van der Waals surface area contributed by atoms with Gasteiger partial charge in [0.1, 0.15) is 16.6 Å². The molecule has 1 aliphatic heterocycles. The predicted molar refractivity (Wildman–Crippen MR) is 125 cm³/mol. The summed E-state index contributed by atoms with van der Waals surface area (Å²) in [6, 6.07) is 15.4. The van der Waals surface area contributed by atoms with E-state index in [1.807, 2.05) is 53.9 Å². The minimum absolute atomic E-state index is 0.0277. The van der Waals surface area contributed by atoms with Gasteiger partial charge < -0.3 is 9.47 Å². The van der Waals surface area contributed by atoms with Crippen LogP contribution in [0.4, 0.5) is 0 Å². The van der Waals surface area contributed by atoms with E-state index < -0.39 is 0 Å². The molecule has 0 unspecified atom stereocenters. The second kappa shape index (κ2) is 9.20. The Kier molecular flexibility index (Phi) is 5.98. The fraction of sp³-hybridized carbons (Fsp3) is 0.292. The average molecular weight is 449 g/mol. The van der Waals surface area contributed by atoms with E-state index in [-0.39, 0.29) is 5.56 Å². The highest BCUT2D eigenvalue weighted by molar-refractivity contribution is 7.09. The van der Waals surface area contributed by atoms with Crippen LogP contribution < -0.4 is 10.3 Å². The molecule has 0 bridgehead atoms. The maximum absolute atomic E-state index is 13.4. The van der Waals surface area contributed by atoms with Gasteiger partial charge in [-0.1, -0.05) is 12.1 Å². The number of hydrogen-bond acceptors (Lipinski definition) is 7. The molecule has 1 fully saturated rings. The standard InChI is InChI=1S/C24H24N4O3S/c1-30-18-8-6-17(7-9-18)21-16-32-23(26-21)15-28-22(14-27-10-12-31-13-11-27)25-20-5-3-2-4-19(20)24(28)29/h2-9,16H,10-15H2,1H3. The highest BCUT2D eigenvalue weighted by Crippen LogP contribution is 2.25. The van der Waals surface area contributed by atoms with Gasteiger partial charge in [0, 0.05) is 24.0 Å². The fourth-order valence-corrected chi connectivity index (χ4v) is 4.66. The molecule has 1 saturated heterocycles. The van der Waals surface area contributed by atoms with Gasteiger partial charge in [0.2, 0.25) is 0 Å². The van der Waals surface area contributed by atoms with Crippen molar-refractivity contribution < 1.29 is 9.47 Å². The van der Waals surface area contributed by atoms with Crippen LogP contribution >= 0.6 is 11.3 Å². The van der Waals surface area contributed by atoms with Crippen molar-refractivity contribution in [1.29, 1.82) is 0 Å². The van der Waals surface area contributed by atoms with E-state index in [1.54, 1.807) is 23.0 Å². The maximum Gasteiger partial charge on any atom is 0.261 e. The number of nitrogens with zero attached hydrogens (tertiary/aromatic N) is 4. The highest BCUT2D eigenvalue weighted by atomic mass is 32.1. The Bertz CT molecular complexity index is 1280. The van der Waals surface area contributed by atoms with Crippen LogP contribution in [0.15, 0.2) is 58.7 Å². The Hall–Kier alpha value is -3.07. The second-order valence-electron chi connectivity index (χ2n) is 7.68. The van der Waals surface area contributed by atoms with E-state index in [0.29, 0.717) is 31.7 Å². The van der Waals surface area contributed by atoms with Gasteiger partial charge in [0.25, 0.3) is 5.56 Å². The van der Waals surface area contributed by atoms with Crippen molar-refractivity contribution in [2.45, 2.75) is 13.1 Å². The van der Waals surface area contributed by atoms with E-state index in [4.69, 9.17) is 19.4 Å². The normalized spacial score (nSPS) is 14.7. The summed E-state index contributed by atoms with van der Waals surface area (Å²) < 4.78 is 12.5. The van der Waals surface area contributed by atoms with Gasteiger partial charge in [-0.15, -0.1) is 11.3 Å². The number of hydrogen-bond donors (Lipinski definition) is 0. The quantitative estimate of drug-likeness (QED) is 0.450. The van der Waals surface area contributed by atoms with Crippen LogP contribution in [0.25, 0.3) is 22.2 Å². The summed E-state index contributed by atoms with van der Waals surface area (Å²) >= 11 is 1.55.